The van der Waals surface area contributed by atoms with Crippen LogP contribution in [0.2, 0.25) is 0 Å². The lowest BCUT2D eigenvalue weighted by molar-refractivity contribution is 0.0950. The highest BCUT2D eigenvalue weighted by atomic mass is 16.3. The molecule has 0 aromatic carbocycles. The predicted molar refractivity (Wildman–Crippen MR) is 56.0 cm³/mol. The van der Waals surface area contributed by atoms with Gasteiger partial charge in [-0.3, -0.25) is 9.59 Å². The summed E-state index contributed by atoms with van der Waals surface area (Å²) in [4.78, 5) is 22.8. The van der Waals surface area contributed by atoms with E-state index < -0.39 is 17.2 Å². The highest BCUT2D eigenvalue weighted by Gasteiger charge is 2.13. The summed E-state index contributed by atoms with van der Waals surface area (Å²) in [6, 6.07) is 1.42. The van der Waals surface area contributed by atoms with E-state index in [1.807, 2.05) is 6.92 Å². The van der Waals surface area contributed by atoms with Crippen LogP contribution >= 0.6 is 0 Å². The molecule has 1 heterocycles. The zero-order valence-electron chi connectivity index (χ0n) is 8.78. The van der Waals surface area contributed by atoms with E-state index in [1.165, 1.54) is 23.9 Å². The molecule has 5 heteroatoms. The van der Waals surface area contributed by atoms with Crippen LogP contribution in [0.5, 0.6) is 5.75 Å². The molecule has 0 aliphatic carbocycles. The van der Waals surface area contributed by atoms with Gasteiger partial charge in [0.1, 0.15) is 0 Å². The molecule has 82 valence electrons. The first-order valence-corrected chi connectivity index (χ1v) is 4.74. The van der Waals surface area contributed by atoms with Crippen molar-refractivity contribution in [2.75, 3.05) is 6.54 Å². The molecule has 15 heavy (non-hydrogen) atoms. The van der Waals surface area contributed by atoms with Crippen LogP contribution in [0, 0.1) is 0 Å². The first kappa shape index (κ1) is 11.3. The summed E-state index contributed by atoms with van der Waals surface area (Å²) < 4.78 is 1.21. The van der Waals surface area contributed by atoms with Crippen molar-refractivity contribution in [3.05, 3.63) is 28.2 Å². The Kier molecular flexibility index (Phi) is 3.49. The molecule has 0 spiro atoms. The van der Waals surface area contributed by atoms with E-state index in [9.17, 15) is 14.7 Å². The first-order chi connectivity index (χ1) is 7.07. The maximum Gasteiger partial charge on any atom is 0.293 e. The van der Waals surface area contributed by atoms with Crippen LogP contribution in [0.4, 0.5) is 0 Å². The number of hydrogen-bond donors (Lipinski definition) is 2. The molecule has 1 aromatic heterocycles. The second kappa shape index (κ2) is 4.63. The number of pyridine rings is 1. The Hall–Kier alpha value is -1.78. The summed E-state index contributed by atoms with van der Waals surface area (Å²) in [5.41, 5.74) is -0.550. The average molecular weight is 210 g/mol. The summed E-state index contributed by atoms with van der Waals surface area (Å²) >= 11 is 0. The zero-order valence-corrected chi connectivity index (χ0v) is 8.78. The SMILES string of the molecule is CCCNC(=O)c1ccn(C)c(=O)c1O. The number of carbonyl (C=O) groups excluding carboxylic acids is 1. The number of aromatic hydroxyl groups is 1. The van der Waals surface area contributed by atoms with Crippen LogP contribution in [-0.2, 0) is 7.05 Å². The van der Waals surface area contributed by atoms with Gasteiger partial charge in [0.2, 0.25) is 0 Å². The fraction of sp³-hybridized carbons (Fsp3) is 0.400. The maximum absolute atomic E-state index is 11.5. The van der Waals surface area contributed by atoms with E-state index in [2.05, 4.69) is 5.32 Å². The monoisotopic (exact) mass is 210 g/mol. The smallest absolute Gasteiger partial charge is 0.293 e. The minimum absolute atomic E-state index is 0.0200. The lowest BCUT2D eigenvalue weighted by Gasteiger charge is -2.06. The van der Waals surface area contributed by atoms with E-state index in [0.29, 0.717) is 6.54 Å². The molecular weight excluding hydrogens is 196 g/mol. The summed E-state index contributed by atoms with van der Waals surface area (Å²) in [5, 5.41) is 12.0. The minimum Gasteiger partial charge on any atom is -0.502 e. The molecule has 0 saturated heterocycles. The van der Waals surface area contributed by atoms with Crippen LogP contribution in [0.1, 0.15) is 23.7 Å². The van der Waals surface area contributed by atoms with Gasteiger partial charge in [-0.15, -0.1) is 0 Å². The molecule has 0 fully saturated rings. The maximum atomic E-state index is 11.5. The van der Waals surface area contributed by atoms with E-state index in [-0.39, 0.29) is 5.56 Å². The quantitative estimate of drug-likeness (QED) is 0.750. The summed E-state index contributed by atoms with van der Waals surface area (Å²) in [6.45, 7) is 2.44. The molecule has 1 amide bonds. The topological polar surface area (TPSA) is 71.3 Å². The molecule has 0 unspecified atom stereocenters. The van der Waals surface area contributed by atoms with E-state index in [0.717, 1.165) is 6.42 Å². The fourth-order valence-electron chi connectivity index (χ4n) is 1.13. The summed E-state index contributed by atoms with van der Waals surface area (Å²) in [7, 11) is 1.51. The van der Waals surface area contributed by atoms with Gasteiger partial charge in [-0.05, 0) is 12.5 Å². The Morgan fingerprint density at radius 2 is 2.27 bits per heavy atom. The van der Waals surface area contributed by atoms with Gasteiger partial charge in [-0.1, -0.05) is 6.92 Å². The Balaban J connectivity index is 3.01. The molecule has 0 saturated carbocycles. The Morgan fingerprint density at radius 1 is 1.60 bits per heavy atom. The van der Waals surface area contributed by atoms with Crippen LogP contribution in [-0.4, -0.2) is 22.1 Å². The molecule has 0 radical (unpaired) electrons. The molecule has 0 aliphatic rings. The number of carbonyl (C=O) groups is 1. The number of rotatable bonds is 3. The van der Waals surface area contributed by atoms with Gasteiger partial charge in [0.15, 0.2) is 5.75 Å². The van der Waals surface area contributed by atoms with Crippen molar-refractivity contribution in [1.82, 2.24) is 9.88 Å². The molecule has 1 rings (SSSR count). The molecule has 5 nitrogen and oxygen atoms in total. The van der Waals surface area contributed by atoms with Crippen LogP contribution in [0.15, 0.2) is 17.1 Å². The van der Waals surface area contributed by atoms with E-state index in [1.54, 1.807) is 0 Å². The number of aromatic nitrogens is 1. The third kappa shape index (κ3) is 2.37. The van der Waals surface area contributed by atoms with E-state index in [4.69, 9.17) is 0 Å². The average Bonchev–Trinajstić information content (AvgIpc) is 2.23. The van der Waals surface area contributed by atoms with Gasteiger partial charge >= 0.3 is 0 Å². The van der Waals surface area contributed by atoms with E-state index >= 15 is 0 Å². The standard InChI is InChI=1S/C10H14N2O3/c1-3-5-11-9(14)7-4-6-12(2)10(15)8(7)13/h4,6,13H,3,5H2,1-2H3,(H,11,14). The second-order valence-corrected chi connectivity index (χ2v) is 3.25. The molecular formula is C10H14N2O3. The van der Waals surface area contributed by atoms with Crippen molar-refractivity contribution < 1.29 is 9.90 Å². The highest BCUT2D eigenvalue weighted by Crippen LogP contribution is 2.09. The van der Waals surface area contributed by atoms with Crippen molar-refractivity contribution >= 4 is 5.91 Å². The lowest BCUT2D eigenvalue weighted by Crippen LogP contribution is -2.27. The van der Waals surface area contributed by atoms with Crippen LogP contribution in [0.25, 0.3) is 0 Å². The van der Waals surface area contributed by atoms with Crippen molar-refractivity contribution in [3.8, 4) is 5.75 Å². The molecule has 0 aliphatic heterocycles. The molecule has 2 N–H and O–H groups in total. The fourth-order valence-corrected chi connectivity index (χ4v) is 1.13. The lowest BCUT2D eigenvalue weighted by atomic mass is 10.2. The van der Waals surface area contributed by atoms with Gasteiger partial charge in [-0.2, -0.15) is 0 Å². The van der Waals surface area contributed by atoms with Crippen molar-refractivity contribution in [1.29, 1.82) is 0 Å². The van der Waals surface area contributed by atoms with Crippen molar-refractivity contribution in [2.24, 2.45) is 7.05 Å². The second-order valence-electron chi connectivity index (χ2n) is 3.25. The predicted octanol–water partition coefficient (Wildman–Crippen LogP) is 0.231. The van der Waals surface area contributed by atoms with Gasteiger partial charge in [0.05, 0.1) is 5.56 Å². The Bertz CT molecular complexity index is 423. The minimum atomic E-state index is -0.570. The molecule has 0 bridgehead atoms. The van der Waals surface area contributed by atoms with Crippen molar-refractivity contribution in [2.45, 2.75) is 13.3 Å². The number of nitrogens with zero attached hydrogens (tertiary/aromatic N) is 1. The van der Waals surface area contributed by atoms with Crippen LogP contribution < -0.4 is 10.9 Å². The Labute approximate surface area is 87.4 Å². The molecule has 0 atom stereocenters. The number of aryl methyl sites for hydroxylation is 1. The summed E-state index contributed by atoms with van der Waals surface area (Å²) in [5.74, 6) is -0.930. The molecule has 1 aromatic rings. The van der Waals surface area contributed by atoms with Gasteiger partial charge in [0, 0.05) is 19.8 Å². The number of amides is 1. The zero-order chi connectivity index (χ0) is 11.4. The third-order valence-electron chi connectivity index (χ3n) is 2.02. The number of nitrogens with one attached hydrogen (secondary N) is 1. The van der Waals surface area contributed by atoms with Gasteiger partial charge in [0.25, 0.3) is 11.5 Å². The largest absolute Gasteiger partial charge is 0.502 e. The normalized spacial score (nSPS) is 10.0. The van der Waals surface area contributed by atoms with Crippen LogP contribution in [0.3, 0.4) is 0 Å². The Morgan fingerprint density at radius 3 is 2.87 bits per heavy atom. The third-order valence-corrected chi connectivity index (χ3v) is 2.02. The first-order valence-electron chi connectivity index (χ1n) is 4.74. The van der Waals surface area contributed by atoms with Gasteiger partial charge in [-0.25, -0.2) is 0 Å². The summed E-state index contributed by atoms with van der Waals surface area (Å²) in [6.07, 6.45) is 2.25. The number of hydrogen-bond acceptors (Lipinski definition) is 3. The van der Waals surface area contributed by atoms with Gasteiger partial charge < -0.3 is 15.0 Å². The van der Waals surface area contributed by atoms with Crippen molar-refractivity contribution in [3.63, 3.8) is 0 Å². The highest BCUT2D eigenvalue weighted by molar-refractivity contribution is 5.96.